The molecule has 0 saturated carbocycles. The third-order valence-corrected chi connectivity index (χ3v) is 1.34. The quantitative estimate of drug-likeness (QED) is 0.720. The van der Waals surface area contributed by atoms with Gasteiger partial charge >= 0.3 is 0 Å². The molecule has 0 amide bonds. The summed E-state index contributed by atoms with van der Waals surface area (Å²) in [5.74, 6) is -0.436. The van der Waals surface area contributed by atoms with Crippen LogP contribution in [0.5, 0.6) is 0 Å². The molecule has 0 heterocycles. The van der Waals surface area contributed by atoms with Gasteiger partial charge in [-0.25, -0.2) is 8.78 Å². The van der Waals surface area contributed by atoms with E-state index in [1.807, 2.05) is 0 Å². The Labute approximate surface area is 69.0 Å². The summed E-state index contributed by atoms with van der Waals surface area (Å²) in [5, 5.41) is 8.23. The molecule has 0 aliphatic carbocycles. The molecule has 3 heteroatoms. The number of alkyl halides is 1. The molecule has 0 aliphatic heterocycles. The monoisotopic (exact) mass is 170 g/mol. The van der Waals surface area contributed by atoms with Gasteiger partial charge in [0.1, 0.15) is 5.82 Å². The smallest absolute Gasteiger partial charge is 0.215 e. The van der Waals surface area contributed by atoms with Crippen molar-refractivity contribution in [3.8, 4) is 0 Å². The van der Waals surface area contributed by atoms with Crippen LogP contribution in [-0.4, -0.2) is 11.5 Å². The van der Waals surface area contributed by atoms with Crippen molar-refractivity contribution >= 4 is 6.08 Å². The maximum atomic E-state index is 12.8. The first-order chi connectivity index (χ1) is 5.70. The lowest BCUT2D eigenvalue weighted by molar-refractivity contribution is 0.0891. The fourth-order valence-electron chi connectivity index (χ4n) is 0.793. The maximum Gasteiger partial charge on any atom is 0.215 e. The second kappa shape index (κ2) is 3.97. The van der Waals surface area contributed by atoms with Gasteiger partial charge in [0.25, 0.3) is 0 Å². The molecule has 0 aromatic heterocycles. The number of aliphatic hydroxyl groups is 1. The largest absolute Gasteiger partial charge is 0.361 e. The van der Waals surface area contributed by atoms with Gasteiger partial charge in [0, 0.05) is 5.56 Å². The molecule has 1 nitrogen and oxygen atoms in total. The number of hydrogen-bond donors (Lipinski definition) is 1. The molecule has 12 heavy (non-hydrogen) atoms. The molecule has 1 aromatic carbocycles. The minimum absolute atomic E-state index is 0.259. The molecule has 0 saturated heterocycles. The van der Waals surface area contributed by atoms with Crippen LogP contribution < -0.4 is 0 Å². The van der Waals surface area contributed by atoms with Gasteiger partial charge in [-0.1, -0.05) is 24.3 Å². The predicted octanol–water partition coefficient (Wildman–Crippen LogP) is 2.13. The third-order valence-electron chi connectivity index (χ3n) is 1.34. The molecule has 0 radical (unpaired) electrons. The molecule has 0 bridgehead atoms. The SMILES string of the molecule is OC(F)C=Cc1ccccc1F. The van der Waals surface area contributed by atoms with Crippen molar-refractivity contribution in [2.45, 2.75) is 6.36 Å². The highest BCUT2D eigenvalue weighted by Crippen LogP contribution is 2.08. The minimum Gasteiger partial charge on any atom is -0.361 e. The van der Waals surface area contributed by atoms with E-state index < -0.39 is 12.2 Å². The first-order valence-corrected chi connectivity index (χ1v) is 3.45. The summed E-state index contributed by atoms with van der Waals surface area (Å²) in [6.07, 6.45) is 0.0305. The lowest BCUT2D eigenvalue weighted by Crippen LogP contribution is -1.89. The van der Waals surface area contributed by atoms with Gasteiger partial charge < -0.3 is 5.11 Å². The van der Waals surface area contributed by atoms with Crippen LogP contribution in [0.2, 0.25) is 0 Å². The second-order valence-corrected chi connectivity index (χ2v) is 2.25. The topological polar surface area (TPSA) is 20.2 Å². The first kappa shape index (κ1) is 8.87. The van der Waals surface area contributed by atoms with Crippen LogP contribution in [0.1, 0.15) is 5.56 Å². The van der Waals surface area contributed by atoms with E-state index in [4.69, 9.17) is 5.11 Å². The van der Waals surface area contributed by atoms with Crippen LogP contribution in [0.3, 0.4) is 0 Å². The van der Waals surface area contributed by atoms with Crippen molar-refractivity contribution in [2.24, 2.45) is 0 Å². The van der Waals surface area contributed by atoms with Gasteiger partial charge in [0.2, 0.25) is 6.36 Å². The minimum atomic E-state index is -2.04. The van der Waals surface area contributed by atoms with E-state index in [1.54, 1.807) is 12.1 Å². The molecule has 1 rings (SSSR count). The highest BCUT2D eigenvalue weighted by molar-refractivity contribution is 5.49. The normalized spacial score (nSPS) is 13.6. The van der Waals surface area contributed by atoms with Crippen LogP contribution in [0.15, 0.2) is 30.3 Å². The van der Waals surface area contributed by atoms with Crippen molar-refractivity contribution < 1.29 is 13.9 Å². The van der Waals surface area contributed by atoms with Gasteiger partial charge in [0.15, 0.2) is 0 Å². The van der Waals surface area contributed by atoms with E-state index in [9.17, 15) is 8.78 Å². The summed E-state index contributed by atoms with van der Waals surface area (Å²) in [7, 11) is 0. The van der Waals surface area contributed by atoms with Gasteiger partial charge in [0.05, 0.1) is 0 Å². The van der Waals surface area contributed by atoms with E-state index in [2.05, 4.69) is 0 Å². The van der Waals surface area contributed by atoms with Crippen molar-refractivity contribution in [3.63, 3.8) is 0 Å². The number of aliphatic hydroxyl groups excluding tert-OH is 1. The molecular weight excluding hydrogens is 162 g/mol. The molecule has 1 N–H and O–H groups in total. The molecule has 1 atom stereocenters. The zero-order valence-corrected chi connectivity index (χ0v) is 6.24. The Bertz CT molecular complexity index is 282. The number of hydrogen-bond acceptors (Lipinski definition) is 1. The Hall–Kier alpha value is -1.22. The van der Waals surface area contributed by atoms with Crippen molar-refractivity contribution in [2.75, 3.05) is 0 Å². The Balaban J connectivity index is 2.82. The number of rotatable bonds is 2. The zero-order valence-electron chi connectivity index (χ0n) is 6.24. The van der Waals surface area contributed by atoms with E-state index in [0.29, 0.717) is 0 Å². The fraction of sp³-hybridized carbons (Fsp3) is 0.111. The number of halogens is 2. The van der Waals surface area contributed by atoms with Gasteiger partial charge in [-0.2, -0.15) is 0 Å². The molecule has 0 spiro atoms. The van der Waals surface area contributed by atoms with Gasteiger partial charge in [-0.3, -0.25) is 0 Å². The van der Waals surface area contributed by atoms with E-state index in [1.165, 1.54) is 18.2 Å². The molecule has 0 aliphatic rings. The average Bonchev–Trinajstić information content (AvgIpc) is 2.03. The zero-order chi connectivity index (χ0) is 8.97. The van der Waals surface area contributed by atoms with Crippen LogP contribution >= 0.6 is 0 Å². The molecule has 1 aromatic rings. The fourth-order valence-corrected chi connectivity index (χ4v) is 0.793. The Morgan fingerprint density at radius 3 is 2.58 bits per heavy atom. The Morgan fingerprint density at radius 1 is 1.33 bits per heavy atom. The average molecular weight is 170 g/mol. The van der Waals surface area contributed by atoms with Crippen molar-refractivity contribution in [3.05, 3.63) is 41.7 Å². The Kier molecular flexibility index (Phi) is 2.94. The van der Waals surface area contributed by atoms with E-state index in [-0.39, 0.29) is 5.56 Å². The summed E-state index contributed by atoms with van der Waals surface area (Å²) in [6.45, 7) is 0. The van der Waals surface area contributed by atoms with Crippen LogP contribution in [-0.2, 0) is 0 Å². The van der Waals surface area contributed by atoms with E-state index in [0.717, 1.165) is 6.08 Å². The highest BCUT2D eigenvalue weighted by Gasteiger charge is 1.96. The second-order valence-electron chi connectivity index (χ2n) is 2.25. The summed E-state index contributed by atoms with van der Waals surface area (Å²) >= 11 is 0. The summed E-state index contributed by atoms with van der Waals surface area (Å²) in [5.41, 5.74) is 0.259. The highest BCUT2D eigenvalue weighted by atomic mass is 19.1. The standard InChI is InChI=1S/C9H8F2O/c10-8-4-2-1-3-7(8)5-6-9(11)12/h1-6,9,12H. The summed E-state index contributed by atoms with van der Waals surface area (Å²) in [4.78, 5) is 0. The van der Waals surface area contributed by atoms with Crippen LogP contribution in [0, 0.1) is 5.82 Å². The van der Waals surface area contributed by atoms with Gasteiger partial charge in [-0.15, -0.1) is 0 Å². The first-order valence-electron chi connectivity index (χ1n) is 3.45. The summed E-state index contributed by atoms with van der Waals surface area (Å²) in [6, 6.07) is 5.93. The lowest BCUT2D eigenvalue weighted by atomic mass is 10.2. The number of benzene rings is 1. The summed E-state index contributed by atoms with van der Waals surface area (Å²) < 4.78 is 24.6. The van der Waals surface area contributed by atoms with Crippen LogP contribution in [0.25, 0.3) is 6.08 Å². The third kappa shape index (κ3) is 2.43. The molecule has 1 unspecified atom stereocenters. The Morgan fingerprint density at radius 2 is 2.00 bits per heavy atom. The molecule has 64 valence electrons. The molecule has 0 fully saturated rings. The predicted molar refractivity (Wildman–Crippen MR) is 42.5 cm³/mol. The van der Waals surface area contributed by atoms with Gasteiger partial charge in [-0.05, 0) is 12.1 Å². The van der Waals surface area contributed by atoms with Crippen molar-refractivity contribution in [1.82, 2.24) is 0 Å². The van der Waals surface area contributed by atoms with E-state index >= 15 is 0 Å². The molecular formula is C9H8F2O. The van der Waals surface area contributed by atoms with Crippen LogP contribution in [0.4, 0.5) is 8.78 Å². The lowest BCUT2D eigenvalue weighted by Gasteiger charge is -1.94. The van der Waals surface area contributed by atoms with Crippen molar-refractivity contribution in [1.29, 1.82) is 0 Å². The maximum absolute atomic E-state index is 12.8.